The third-order valence-electron chi connectivity index (χ3n) is 3.65. The lowest BCUT2D eigenvalue weighted by Gasteiger charge is -2.07. The Morgan fingerprint density at radius 2 is 1.75 bits per heavy atom. The molecule has 3 aromatic rings. The number of nitrogens with one attached hydrogen (secondary N) is 2. The third kappa shape index (κ3) is 3.04. The fourth-order valence-electron chi connectivity index (χ4n) is 2.38. The summed E-state index contributed by atoms with van der Waals surface area (Å²) >= 11 is 0. The van der Waals surface area contributed by atoms with E-state index in [1.807, 2.05) is 19.1 Å². The predicted molar refractivity (Wildman–Crippen MR) is 89.9 cm³/mol. The fourth-order valence-corrected chi connectivity index (χ4v) is 3.24. The maximum atomic E-state index is 12.3. The van der Waals surface area contributed by atoms with Crippen molar-refractivity contribution >= 4 is 26.9 Å². The van der Waals surface area contributed by atoms with E-state index >= 15 is 0 Å². The maximum absolute atomic E-state index is 12.3. The van der Waals surface area contributed by atoms with Crippen molar-refractivity contribution < 1.29 is 17.6 Å². The minimum absolute atomic E-state index is 0.0576. The van der Waals surface area contributed by atoms with Crippen LogP contribution in [0.25, 0.3) is 11.0 Å². The van der Waals surface area contributed by atoms with Crippen LogP contribution in [-0.2, 0) is 10.0 Å². The number of benzene rings is 2. The van der Waals surface area contributed by atoms with Crippen molar-refractivity contribution in [2.75, 3.05) is 0 Å². The molecule has 0 unspecified atom stereocenters. The van der Waals surface area contributed by atoms with Crippen LogP contribution in [0.1, 0.15) is 21.7 Å². The molecule has 2 aromatic carbocycles. The molecule has 0 atom stereocenters. The van der Waals surface area contributed by atoms with Gasteiger partial charge in [-0.25, -0.2) is 8.42 Å². The number of fused-ring (bicyclic) bond motifs is 1. The number of amides is 1. The normalized spacial score (nSPS) is 11.6. The first kappa shape index (κ1) is 16.2. The van der Waals surface area contributed by atoms with Gasteiger partial charge in [0.2, 0.25) is 0 Å². The number of hydrogen-bond acceptors (Lipinski definition) is 4. The number of rotatable bonds is 4. The highest BCUT2D eigenvalue weighted by Gasteiger charge is 2.20. The lowest BCUT2D eigenvalue weighted by atomic mass is 10.1. The van der Waals surface area contributed by atoms with Crippen molar-refractivity contribution in [1.82, 2.24) is 10.3 Å². The van der Waals surface area contributed by atoms with E-state index in [1.54, 1.807) is 31.2 Å². The van der Waals surface area contributed by atoms with Crippen molar-refractivity contribution in [2.45, 2.75) is 18.7 Å². The van der Waals surface area contributed by atoms with Crippen LogP contribution in [0.4, 0.5) is 0 Å². The monoisotopic (exact) mass is 344 g/mol. The van der Waals surface area contributed by atoms with Crippen LogP contribution in [0.15, 0.2) is 57.8 Å². The molecule has 0 aliphatic carbocycles. The van der Waals surface area contributed by atoms with Gasteiger partial charge < -0.3 is 4.42 Å². The lowest BCUT2D eigenvalue weighted by Crippen LogP contribution is -2.41. The molecular formula is C17H16N2O4S. The molecule has 24 heavy (non-hydrogen) atoms. The largest absolute Gasteiger partial charge is 0.451 e. The second kappa shape index (κ2) is 6.10. The van der Waals surface area contributed by atoms with Crippen molar-refractivity contribution in [2.24, 2.45) is 0 Å². The van der Waals surface area contributed by atoms with Crippen molar-refractivity contribution in [1.29, 1.82) is 0 Å². The average molecular weight is 344 g/mol. The highest BCUT2D eigenvalue weighted by molar-refractivity contribution is 7.89. The molecule has 124 valence electrons. The smallest absolute Gasteiger partial charge is 0.302 e. The number of hydrazine groups is 1. The Bertz CT molecular complexity index is 1010. The zero-order chi connectivity index (χ0) is 17.3. The summed E-state index contributed by atoms with van der Waals surface area (Å²) in [6.07, 6.45) is 0. The van der Waals surface area contributed by atoms with Crippen LogP contribution < -0.4 is 10.3 Å². The van der Waals surface area contributed by atoms with Gasteiger partial charge in [0.05, 0.1) is 4.90 Å². The summed E-state index contributed by atoms with van der Waals surface area (Å²) < 4.78 is 29.8. The number of carbonyl (C=O) groups excluding carboxylic acids is 1. The SMILES string of the molecule is Cc1ccc2oc(C(=O)NNS(=O)(=O)c3ccccc3)c(C)c2c1. The van der Waals surface area contributed by atoms with Gasteiger partial charge in [0.1, 0.15) is 5.58 Å². The van der Waals surface area contributed by atoms with E-state index in [-0.39, 0.29) is 10.7 Å². The lowest BCUT2D eigenvalue weighted by molar-refractivity contribution is 0.0918. The summed E-state index contributed by atoms with van der Waals surface area (Å²) in [4.78, 5) is 14.4. The summed E-state index contributed by atoms with van der Waals surface area (Å²) in [6.45, 7) is 3.70. The van der Waals surface area contributed by atoms with Gasteiger partial charge in [0.15, 0.2) is 5.76 Å². The predicted octanol–water partition coefficient (Wildman–Crippen LogP) is 2.67. The van der Waals surface area contributed by atoms with E-state index in [9.17, 15) is 13.2 Å². The van der Waals surface area contributed by atoms with Crippen LogP contribution in [0, 0.1) is 13.8 Å². The first-order valence-corrected chi connectivity index (χ1v) is 8.74. The molecule has 0 spiro atoms. The molecule has 0 saturated heterocycles. The quantitative estimate of drug-likeness (QED) is 0.712. The molecule has 1 aromatic heterocycles. The molecule has 0 aliphatic rings. The minimum atomic E-state index is -3.84. The Hall–Kier alpha value is -2.64. The molecule has 0 bridgehead atoms. The highest BCUT2D eigenvalue weighted by atomic mass is 32.2. The number of furan rings is 1. The average Bonchev–Trinajstić information content (AvgIpc) is 2.90. The highest BCUT2D eigenvalue weighted by Crippen LogP contribution is 2.26. The molecule has 3 rings (SSSR count). The summed E-state index contributed by atoms with van der Waals surface area (Å²) in [5.41, 5.74) is 4.46. The Morgan fingerprint density at radius 3 is 2.46 bits per heavy atom. The first-order chi connectivity index (χ1) is 11.4. The van der Waals surface area contributed by atoms with Crippen molar-refractivity contribution in [3.8, 4) is 0 Å². The second-order valence-electron chi connectivity index (χ2n) is 5.43. The van der Waals surface area contributed by atoms with E-state index in [0.717, 1.165) is 10.9 Å². The number of hydrogen-bond donors (Lipinski definition) is 2. The Morgan fingerprint density at radius 1 is 1.04 bits per heavy atom. The van der Waals surface area contributed by atoms with Gasteiger partial charge in [0.25, 0.3) is 10.0 Å². The zero-order valence-corrected chi connectivity index (χ0v) is 14.0. The summed E-state index contributed by atoms with van der Waals surface area (Å²) in [7, 11) is -3.84. The third-order valence-corrected chi connectivity index (χ3v) is 4.91. The molecule has 0 saturated carbocycles. The molecule has 6 nitrogen and oxygen atoms in total. The first-order valence-electron chi connectivity index (χ1n) is 7.25. The number of aryl methyl sites for hydroxylation is 2. The Kier molecular flexibility index (Phi) is 4.13. The fraction of sp³-hybridized carbons (Fsp3) is 0.118. The van der Waals surface area contributed by atoms with Crippen LogP contribution >= 0.6 is 0 Å². The Balaban J connectivity index is 1.82. The van der Waals surface area contributed by atoms with Crippen LogP contribution in [0.3, 0.4) is 0 Å². The van der Waals surface area contributed by atoms with E-state index in [1.165, 1.54) is 12.1 Å². The Labute approximate surface area is 139 Å². The van der Waals surface area contributed by atoms with Gasteiger partial charge >= 0.3 is 5.91 Å². The van der Waals surface area contributed by atoms with E-state index < -0.39 is 15.9 Å². The molecule has 1 amide bonds. The second-order valence-corrected chi connectivity index (χ2v) is 7.11. The molecule has 0 aliphatic heterocycles. The van der Waals surface area contributed by atoms with Gasteiger partial charge in [-0.1, -0.05) is 29.8 Å². The van der Waals surface area contributed by atoms with Gasteiger partial charge in [-0.15, -0.1) is 4.83 Å². The molecule has 2 N–H and O–H groups in total. The minimum Gasteiger partial charge on any atom is -0.451 e. The zero-order valence-electron chi connectivity index (χ0n) is 13.2. The number of sulfonamides is 1. The van der Waals surface area contributed by atoms with Crippen molar-refractivity contribution in [3.63, 3.8) is 0 Å². The standard InChI is InChI=1S/C17H16N2O4S/c1-11-8-9-15-14(10-11)12(2)16(23-15)17(20)18-19-24(21,22)13-6-4-3-5-7-13/h3-10,19H,1-2H3,(H,18,20). The molecule has 7 heteroatoms. The molecule has 0 radical (unpaired) electrons. The van der Waals surface area contributed by atoms with Gasteiger partial charge in [-0.2, -0.15) is 0 Å². The summed E-state index contributed by atoms with van der Waals surface area (Å²) in [6, 6.07) is 13.3. The topological polar surface area (TPSA) is 88.4 Å². The van der Waals surface area contributed by atoms with Gasteiger partial charge in [-0.3, -0.25) is 10.2 Å². The molecule has 0 fully saturated rings. The van der Waals surface area contributed by atoms with E-state index in [4.69, 9.17) is 4.42 Å². The van der Waals surface area contributed by atoms with E-state index in [0.29, 0.717) is 11.1 Å². The molecular weight excluding hydrogens is 328 g/mol. The number of carbonyl (C=O) groups is 1. The van der Waals surface area contributed by atoms with Crippen LogP contribution in [0.5, 0.6) is 0 Å². The van der Waals surface area contributed by atoms with Gasteiger partial charge in [-0.05, 0) is 38.1 Å². The summed E-state index contributed by atoms with van der Waals surface area (Å²) in [5.74, 6) is -0.577. The van der Waals surface area contributed by atoms with Crippen LogP contribution in [0.2, 0.25) is 0 Å². The van der Waals surface area contributed by atoms with Crippen LogP contribution in [-0.4, -0.2) is 14.3 Å². The van der Waals surface area contributed by atoms with Crippen molar-refractivity contribution in [3.05, 3.63) is 65.4 Å². The molecule has 1 heterocycles. The maximum Gasteiger partial charge on any atom is 0.302 e. The summed E-state index contributed by atoms with van der Waals surface area (Å²) in [5, 5.41) is 0.825. The van der Waals surface area contributed by atoms with Gasteiger partial charge in [0, 0.05) is 10.9 Å². The van der Waals surface area contributed by atoms with E-state index in [2.05, 4.69) is 10.3 Å².